The molecule has 0 saturated heterocycles. The van der Waals surface area contributed by atoms with Crippen molar-refractivity contribution in [3.05, 3.63) is 29.9 Å². The van der Waals surface area contributed by atoms with E-state index in [1.165, 1.54) is 0 Å². The predicted octanol–water partition coefficient (Wildman–Crippen LogP) is 1.97. The first kappa shape index (κ1) is 11.2. The van der Waals surface area contributed by atoms with E-state index in [-0.39, 0.29) is 0 Å². The third kappa shape index (κ3) is 2.48. The van der Waals surface area contributed by atoms with Crippen molar-refractivity contribution in [2.75, 3.05) is 18.4 Å². The number of rotatable bonds is 2. The molecule has 0 amide bonds. The zero-order chi connectivity index (χ0) is 12.2. The fraction of sp³-hybridized carbons (Fsp3) is 0.250. The molecule has 0 aromatic carbocycles. The molecule has 2 aromatic rings. The first-order valence-electron chi connectivity index (χ1n) is 5.83. The van der Waals surface area contributed by atoms with Crippen LogP contribution in [0.15, 0.2) is 34.9 Å². The molecule has 92 valence electrons. The van der Waals surface area contributed by atoms with Crippen LogP contribution in [0.3, 0.4) is 0 Å². The summed E-state index contributed by atoms with van der Waals surface area (Å²) in [6.07, 6.45) is 4.66. The number of hydrogen-bond acceptors (Lipinski definition) is 6. The highest BCUT2D eigenvalue weighted by Gasteiger charge is 2.08. The Kier molecular flexibility index (Phi) is 3.18. The van der Waals surface area contributed by atoms with Crippen LogP contribution >= 0.6 is 11.3 Å². The van der Waals surface area contributed by atoms with Gasteiger partial charge in [0.25, 0.3) is 0 Å². The fourth-order valence-corrected chi connectivity index (χ4v) is 2.41. The lowest BCUT2D eigenvalue weighted by Gasteiger charge is -2.14. The molecule has 6 heteroatoms. The summed E-state index contributed by atoms with van der Waals surface area (Å²) in [5.74, 6) is 0.813. The van der Waals surface area contributed by atoms with Crippen molar-refractivity contribution in [1.82, 2.24) is 15.3 Å². The van der Waals surface area contributed by atoms with E-state index in [0.29, 0.717) is 0 Å². The number of aromatic nitrogens is 2. The Bertz CT molecular complexity index is 549. The molecule has 0 atom stereocenters. The van der Waals surface area contributed by atoms with Gasteiger partial charge >= 0.3 is 0 Å². The predicted molar refractivity (Wildman–Crippen MR) is 73.9 cm³/mol. The van der Waals surface area contributed by atoms with E-state index in [0.717, 1.165) is 41.9 Å². The molecule has 5 nitrogen and oxygen atoms in total. The van der Waals surface area contributed by atoms with Crippen LogP contribution in [-0.2, 0) is 0 Å². The van der Waals surface area contributed by atoms with Gasteiger partial charge < -0.3 is 10.6 Å². The van der Waals surface area contributed by atoms with Crippen LogP contribution in [-0.4, -0.2) is 29.0 Å². The maximum atomic E-state index is 4.52. The molecule has 0 saturated carbocycles. The van der Waals surface area contributed by atoms with Crippen LogP contribution in [0.25, 0.3) is 11.3 Å². The van der Waals surface area contributed by atoms with Gasteiger partial charge in [0.05, 0.1) is 5.69 Å². The molecule has 1 aliphatic rings. The van der Waals surface area contributed by atoms with Gasteiger partial charge in [-0.1, -0.05) is 0 Å². The Morgan fingerprint density at radius 2 is 2.39 bits per heavy atom. The Balaban J connectivity index is 1.75. The Morgan fingerprint density at radius 3 is 3.17 bits per heavy atom. The smallest absolute Gasteiger partial charge is 0.197 e. The van der Waals surface area contributed by atoms with E-state index in [4.69, 9.17) is 0 Å². The molecular formula is C12H13N5S. The van der Waals surface area contributed by atoms with Gasteiger partial charge in [0.15, 0.2) is 11.1 Å². The first-order valence-corrected chi connectivity index (χ1v) is 6.71. The number of guanidine groups is 1. The van der Waals surface area contributed by atoms with Gasteiger partial charge in [-0.2, -0.15) is 0 Å². The second kappa shape index (κ2) is 5.14. The number of aliphatic imine (C=N–C) groups is 1. The number of thiazole rings is 1. The zero-order valence-corrected chi connectivity index (χ0v) is 10.6. The first-order chi connectivity index (χ1) is 8.92. The molecule has 0 aliphatic carbocycles. The molecule has 0 unspecified atom stereocenters. The summed E-state index contributed by atoms with van der Waals surface area (Å²) in [5, 5.41) is 9.27. The van der Waals surface area contributed by atoms with Gasteiger partial charge in [-0.05, 0) is 18.6 Å². The van der Waals surface area contributed by atoms with Crippen LogP contribution in [0.1, 0.15) is 6.42 Å². The summed E-state index contributed by atoms with van der Waals surface area (Å²) < 4.78 is 0. The normalized spacial score (nSPS) is 14.8. The quantitative estimate of drug-likeness (QED) is 0.865. The summed E-state index contributed by atoms with van der Waals surface area (Å²) in [6, 6.07) is 3.91. The van der Waals surface area contributed by atoms with E-state index < -0.39 is 0 Å². The van der Waals surface area contributed by atoms with Crippen LogP contribution in [0.4, 0.5) is 5.13 Å². The van der Waals surface area contributed by atoms with E-state index in [1.54, 1.807) is 17.5 Å². The highest BCUT2D eigenvalue weighted by atomic mass is 32.1. The van der Waals surface area contributed by atoms with Crippen LogP contribution in [0.5, 0.6) is 0 Å². The highest BCUT2D eigenvalue weighted by Crippen LogP contribution is 2.23. The van der Waals surface area contributed by atoms with E-state index in [9.17, 15) is 0 Å². The van der Waals surface area contributed by atoms with Crippen molar-refractivity contribution in [2.45, 2.75) is 6.42 Å². The third-order valence-electron chi connectivity index (χ3n) is 2.58. The van der Waals surface area contributed by atoms with Gasteiger partial charge in [0, 0.05) is 36.4 Å². The molecule has 0 radical (unpaired) electrons. The molecule has 18 heavy (non-hydrogen) atoms. The molecule has 0 bridgehead atoms. The molecule has 0 spiro atoms. The monoisotopic (exact) mass is 259 g/mol. The summed E-state index contributed by atoms with van der Waals surface area (Å²) in [5.41, 5.74) is 1.97. The summed E-state index contributed by atoms with van der Waals surface area (Å²) in [7, 11) is 0. The topological polar surface area (TPSA) is 62.2 Å². The van der Waals surface area contributed by atoms with Gasteiger partial charge in [-0.15, -0.1) is 11.3 Å². The largest absolute Gasteiger partial charge is 0.356 e. The van der Waals surface area contributed by atoms with Crippen LogP contribution in [0, 0.1) is 0 Å². The van der Waals surface area contributed by atoms with Crippen molar-refractivity contribution in [2.24, 2.45) is 4.99 Å². The van der Waals surface area contributed by atoms with Gasteiger partial charge in [0.2, 0.25) is 0 Å². The van der Waals surface area contributed by atoms with Crippen molar-refractivity contribution in [3.8, 4) is 11.3 Å². The van der Waals surface area contributed by atoms with E-state index >= 15 is 0 Å². The van der Waals surface area contributed by atoms with Crippen molar-refractivity contribution in [3.63, 3.8) is 0 Å². The van der Waals surface area contributed by atoms with Crippen molar-refractivity contribution < 1.29 is 0 Å². The van der Waals surface area contributed by atoms with E-state index in [2.05, 4.69) is 25.6 Å². The minimum Gasteiger partial charge on any atom is -0.356 e. The molecule has 0 fully saturated rings. The van der Waals surface area contributed by atoms with Gasteiger partial charge in [-0.3, -0.25) is 9.98 Å². The number of nitrogens with one attached hydrogen (secondary N) is 2. The summed E-state index contributed by atoms with van der Waals surface area (Å²) in [6.45, 7) is 1.84. The SMILES string of the molecule is c1cncc(-c2csc(NC3=NCCCN3)n2)c1. The minimum absolute atomic E-state index is 0.813. The third-order valence-corrected chi connectivity index (χ3v) is 3.34. The average Bonchev–Trinajstić information content (AvgIpc) is 2.89. The van der Waals surface area contributed by atoms with Crippen molar-refractivity contribution >= 4 is 22.4 Å². The van der Waals surface area contributed by atoms with Crippen LogP contribution < -0.4 is 10.6 Å². The second-order valence-electron chi connectivity index (χ2n) is 3.92. The number of anilines is 1. The molecule has 2 aromatic heterocycles. The maximum absolute atomic E-state index is 4.52. The zero-order valence-electron chi connectivity index (χ0n) is 9.76. The van der Waals surface area contributed by atoms with Gasteiger partial charge in [-0.25, -0.2) is 4.98 Å². The average molecular weight is 259 g/mol. The molecule has 3 heterocycles. The maximum Gasteiger partial charge on any atom is 0.197 e. The Labute approximate surface area is 109 Å². The lowest BCUT2D eigenvalue weighted by Crippen LogP contribution is -2.35. The Morgan fingerprint density at radius 1 is 1.39 bits per heavy atom. The molecule has 1 aliphatic heterocycles. The number of nitrogens with zero attached hydrogens (tertiary/aromatic N) is 3. The molecular weight excluding hydrogens is 246 g/mol. The lowest BCUT2D eigenvalue weighted by molar-refractivity contribution is 0.740. The summed E-state index contributed by atoms with van der Waals surface area (Å²) in [4.78, 5) is 13.0. The van der Waals surface area contributed by atoms with Crippen LogP contribution in [0.2, 0.25) is 0 Å². The van der Waals surface area contributed by atoms with Gasteiger partial charge in [0.1, 0.15) is 0 Å². The standard InChI is InChI=1S/C12H13N5S/c1-3-9(7-13-4-1)10-8-18-12(16-10)17-11-14-5-2-6-15-11/h1,3-4,7-8H,2,5-6H2,(H2,14,15,16,17). The molecule has 3 rings (SSSR count). The minimum atomic E-state index is 0.813. The number of hydrogen-bond donors (Lipinski definition) is 2. The van der Waals surface area contributed by atoms with Crippen molar-refractivity contribution in [1.29, 1.82) is 0 Å². The Hall–Kier alpha value is -1.95. The highest BCUT2D eigenvalue weighted by molar-refractivity contribution is 7.14. The molecule has 2 N–H and O–H groups in total. The number of pyridine rings is 1. The van der Waals surface area contributed by atoms with E-state index in [1.807, 2.05) is 23.7 Å². The summed E-state index contributed by atoms with van der Waals surface area (Å²) >= 11 is 1.57. The lowest BCUT2D eigenvalue weighted by atomic mass is 10.2. The fourth-order valence-electron chi connectivity index (χ4n) is 1.70. The second-order valence-corrected chi connectivity index (χ2v) is 4.77.